The molecule has 0 bridgehead atoms. The molecular weight excluding hydrogens is 332 g/mol. The van der Waals surface area contributed by atoms with Crippen LogP contribution in [0.1, 0.15) is 5.82 Å². The zero-order chi connectivity index (χ0) is 18.2. The van der Waals surface area contributed by atoms with Crippen molar-refractivity contribution in [3.05, 3.63) is 60.7 Å². The lowest BCUT2D eigenvalue weighted by molar-refractivity contribution is -0.123. The van der Waals surface area contributed by atoms with E-state index in [1.54, 1.807) is 16.9 Å². The normalized spacial score (nSPS) is 10.3. The predicted octanol–water partition coefficient (Wildman–Crippen LogP) is 1.58. The highest BCUT2D eigenvalue weighted by Crippen LogP contribution is 2.10. The average molecular weight is 352 g/mol. The monoisotopic (exact) mass is 352 g/mol. The Bertz CT molecular complexity index is 836. The number of aromatic nitrogens is 4. The van der Waals surface area contributed by atoms with E-state index in [1.165, 1.54) is 0 Å². The lowest BCUT2D eigenvalue weighted by Crippen LogP contribution is -2.32. The minimum Gasteiger partial charge on any atom is -0.484 e. The fourth-order valence-electron chi connectivity index (χ4n) is 2.27. The lowest BCUT2D eigenvalue weighted by atomic mass is 10.3. The van der Waals surface area contributed by atoms with Crippen molar-refractivity contribution in [2.45, 2.75) is 6.92 Å². The maximum absolute atomic E-state index is 11.8. The summed E-state index contributed by atoms with van der Waals surface area (Å²) in [5, 5.41) is 10.1. The van der Waals surface area contributed by atoms with Gasteiger partial charge in [0, 0.05) is 31.5 Å². The Balaban J connectivity index is 1.43. The smallest absolute Gasteiger partial charge is 0.258 e. The molecule has 3 aromatic rings. The Hall–Kier alpha value is -3.42. The zero-order valence-electron chi connectivity index (χ0n) is 14.4. The van der Waals surface area contributed by atoms with E-state index in [4.69, 9.17) is 4.74 Å². The summed E-state index contributed by atoms with van der Waals surface area (Å²) in [6.45, 7) is 2.80. The molecule has 2 heterocycles. The van der Waals surface area contributed by atoms with Crippen molar-refractivity contribution in [3.8, 4) is 11.6 Å². The number of hydrogen-bond donors (Lipinski definition) is 2. The molecule has 0 saturated carbocycles. The number of anilines is 1. The second-order valence-corrected chi connectivity index (χ2v) is 5.49. The largest absolute Gasteiger partial charge is 0.484 e. The van der Waals surface area contributed by atoms with E-state index < -0.39 is 0 Å². The first-order chi connectivity index (χ1) is 12.7. The van der Waals surface area contributed by atoms with Gasteiger partial charge in [0.05, 0.1) is 0 Å². The minimum atomic E-state index is -0.174. The molecule has 3 rings (SSSR count). The van der Waals surface area contributed by atoms with Gasteiger partial charge < -0.3 is 15.4 Å². The maximum Gasteiger partial charge on any atom is 0.258 e. The number of para-hydroxylation sites is 1. The number of aryl methyl sites for hydroxylation is 1. The lowest BCUT2D eigenvalue weighted by Gasteiger charge is -2.10. The van der Waals surface area contributed by atoms with Crippen LogP contribution in [0.25, 0.3) is 5.82 Å². The molecule has 1 amide bonds. The Labute approximate surface area is 151 Å². The van der Waals surface area contributed by atoms with Gasteiger partial charge in [0.15, 0.2) is 12.4 Å². The summed E-state index contributed by atoms with van der Waals surface area (Å²) in [5.74, 6) is 2.50. The quantitative estimate of drug-likeness (QED) is 0.598. The first kappa shape index (κ1) is 17.4. The van der Waals surface area contributed by atoms with Crippen molar-refractivity contribution < 1.29 is 9.53 Å². The predicted molar refractivity (Wildman–Crippen MR) is 97.3 cm³/mol. The van der Waals surface area contributed by atoms with E-state index in [0.717, 1.165) is 0 Å². The maximum atomic E-state index is 11.8. The van der Waals surface area contributed by atoms with E-state index in [1.807, 2.05) is 49.5 Å². The molecule has 0 aliphatic heterocycles. The van der Waals surface area contributed by atoms with Crippen LogP contribution in [0.4, 0.5) is 5.82 Å². The number of rotatable bonds is 8. The van der Waals surface area contributed by atoms with Crippen LogP contribution in [0.15, 0.2) is 54.9 Å². The van der Waals surface area contributed by atoms with Crippen LogP contribution in [-0.2, 0) is 4.79 Å². The second-order valence-electron chi connectivity index (χ2n) is 5.49. The Kier molecular flexibility index (Phi) is 5.76. The summed E-state index contributed by atoms with van der Waals surface area (Å²) in [6, 6.07) is 12.9. The van der Waals surface area contributed by atoms with Gasteiger partial charge in [0.25, 0.3) is 5.91 Å². The number of hydrogen-bond acceptors (Lipinski definition) is 6. The van der Waals surface area contributed by atoms with Crippen molar-refractivity contribution >= 4 is 11.7 Å². The van der Waals surface area contributed by atoms with Crippen LogP contribution >= 0.6 is 0 Å². The van der Waals surface area contributed by atoms with Gasteiger partial charge in [-0.3, -0.25) is 4.79 Å². The first-order valence-corrected chi connectivity index (χ1v) is 8.25. The van der Waals surface area contributed by atoms with E-state index in [9.17, 15) is 4.79 Å². The molecule has 134 valence electrons. The molecule has 0 aliphatic carbocycles. The molecule has 0 aliphatic rings. The summed E-state index contributed by atoms with van der Waals surface area (Å²) in [5.41, 5.74) is 0. The molecule has 0 unspecified atom stereocenters. The SMILES string of the molecule is Cc1nc(NCCNC(=O)COc2ccccc2)cc(-n2cccn2)n1. The zero-order valence-corrected chi connectivity index (χ0v) is 14.4. The molecule has 8 heteroatoms. The van der Waals surface area contributed by atoms with Gasteiger partial charge in [-0.25, -0.2) is 14.6 Å². The average Bonchev–Trinajstić information content (AvgIpc) is 3.19. The fourth-order valence-corrected chi connectivity index (χ4v) is 2.27. The molecule has 8 nitrogen and oxygen atoms in total. The number of nitrogens with zero attached hydrogens (tertiary/aromatic N) is 4. The van der Waals surface area contributed by atoms with E-state index in [2.05, 4.69) is 25.7 Å². The van der Waals surface area contributed by atoms with Crippen LogP contribution in [0.2, 0.25) is 0 Å². The summed E-state index contributed by atoms with van der Waals surface area (Å²) >= 11 is 0. The van der Waals surface area contributed by atoms with E-state index in [-0.39, 0.29) is 12.5 Å². The van der Waals surface area contributed by atoms with Crippen molar-refractivity contribution in [1.82, 2.24) is 25.1 Å². The third-order valence-corrected chi connectivity index (χ3v) is 3.43. The summed E-state index contributed by atoms with van der Waals surface area (Å²) in [7, 11) is 0. The highest BCUT2D eigenvalue weighted by molar-refractivity contribution is 5.77. The third-order valence-electron chi connectivity index (χ3n) is 3.43. The Morgan fingerprint density at radius 3 is 2.77 bits per heavy atom. The third kappa shape index (κ3) is 5.04. The van der Waals surface area contributed by atoms with Gasteiger partial charge in [0.2, 0.25) is 0 Å². The van der Waals surface area contributed by atoms with Crippen LogP contribution < -0.4 is 15.4 Å². The second kappa shape index (κ2) is 8.61. The molecule has 1 aromatic carbocycles. The Morgan fingerprint density at radius 1 is 1.15 bits per heavy atom. The van der Waals surface area contributed by atoms with E-state index in [0.29, 0.717) is 36.3 Å². The number of carbonyl (C=O) groups is 1. The van der Waals surface area contributed by atoms with Crippen LogP contribution in [0.5, 0.6) is 5.75 Å². The molecule has 0 saturated heterocycles. The van der Waals surface area contributed by atoms with Crippen molar-refractivity contribution in [2.75, 3.05) is 25.0 Å². The van der Waals surface area contributed by atoms with E-state index >= 15 is 0 Å². The number of nitrogens with one attached hydrogen (secondary N) is 2. The summed E-state index contributed by atoms with van der Waals surface area (Å²) in [6.07, 6.45) is 3.51. The van der Waals surface area contributed by atoms with Crippen molar-refractivity contribution in [1.29, 1.82) is 0 Å². The van der Waals surface area contributed by atoms with Crippen LogP contribution in [-0.4, -0.2) is 45.4 Å². The molecule has 0 atom stereocenters. The number of amides is 1. The molecule has 2 N–H and O–H groups in total. The highest BCUT2D eigenvalue weighted by Gasteiger charge is 2.05. The van der Waals surface area contributed by atoms with Gasteiger partial charge in [-0.05, 0) is 25.1 Å². The van der Waals surface area contributed by atoms with Gasteiger partial charge in [-0.2, -0.15) is 5.10 Å². The Morgan fingerprint density at radius 2 is 2.00 bits per heavy atom. The highest BCUT2D eigenvalue weighted by atomic mass is 16.5. The van der Waals surface area contributed by atoms with Gasteiger partial charge >= 0.3 is 0 Å². The minimum absolute atomic E-state index is 0.0138. The first-order valence-electron chi connectivity index (χ1n) is 8.25. The van der Waals surface area contributed by atoms with Gasteiger partial charge in [-0.1, -0.05) is 18.2 Å². The van der Waals surface area contributed by atoms with Crippen molar-refractivity contribution in [2.24, 2.45) is 0 Å². The van der Waals surface area contributed by atoms with Gasteiger partial charge in [-0.15, -0.1) is 0 Å². The standard InChI is InChI=1S/C18H20N6O2/c1-14-22-16(12-17(23-14)24-11-5-8-21-24)19-9-10-20-18(25)13-26-15-6-3-2-4-7-15/h2-8,11-12H,9-10,13H2,1H3,(H,20,25)(H,19,22,23). The number of ether oxygens (including phenoxy) is 1. The summed E-state index contributed by atoms with van der Waals surface area (Å²) in [4.78, 5) is 20.5. The van der Waals surface area contributed by atoms with Gasteiger partial charge in [0.1, 0.15) is 17.4 Å². The van der Waals surface area contributed by atoms with Crippen LogP contribution in [0, 0.1) is 6.92 Å². The topological polar surface area (TPSA) is 94.0 Å². The number of benzene rings is 1. The van der Waals surface area contributed by atoms with Crippen molar-refractivity contribution in [3.63, 3.8) is 0 Å². The molecule has 0 spiro atoms. The molecule has 2 aromatic heterocycles. The molecule has 26 heavy (non-hydrogen) atoms. The summed E-state index contributed by atoms with van der Waals surface area (Å²) < 4.78 is 7.06. The molecular formula is C18H20N6O2. The molecule has 0 fully saturated rings. The number of carbonyl (C=O) groups excluding carboxylic acids is 1. The molecule has 0 radical (unpaired) electrons. The van der Waals surface area contributed by atoms with Crippen LogP contribution in [0.3, 0.4) is 0 Å². The fraction of sp³-hybridized carbons (Fsp3) is 0.222.